The van der Waals surface area contributed by atoms with Crippen molar-refractivity contribution in [1.82, 2.24) is 14.7 Å². The molecule has 0 spiro atoms. The topological polar surface area (TPSA) is 41.3 Å². The Hall–Kier alpha value is -0.870. The van der Waals surface area contributed by atoms with Crippen LogP contribution in [0.5, 0.6) is 0 Å². The second-order valence-electron chi connectivity index (χ2n) is 6.76. The van der Waals surface area contributed by atoms with Crippen molar-refractivity contribution >= 4 is 0 Å². The summed E-state index contributed by atoms with van der Waals surface area (Å²) in [5.74, 6) is 0.800. The first-order valence-electron chi connectivity index (χ1n) is 7.77. The molecule has 4 nitrogen and oxygen atoms in total. The molecule has 0 amide bonds. The van der Waals surface area contributed by atoms with Gasteiger partial charge in [-0.3, -0.25) is 4.68 Å². The minimum Gasteiger partial charge on any atom is -0.391 e. The Labute approximate surface area is 122 Å². The molecule has 1 fully saturated rings. The van der Waals surface area contributed by atoms with Gasteiger partial charge in [0.25, 0.3) is 0 Å². The number of aliphatic hydroxyl groups is 1. The fraction of sp³-hybridized carbons (Fsp3) is 0.812. The maximum atomic E-state index is 10.8. The number of rotatable bonds is 5. The van der Waals surface area contributed by atoms with Crippen LogP contribution in [0.3, 0.4) is 0 Å². The van der Waals surface area contributed by atoms with E-state index in [0.717, 1.165) is 31.6 Å². The van der Waals surface area contributed by atoms with Crippen LogP contribution in [-0.2, 0) is 13.5 Å². The SMILES string of the molecule is CC1CCC(C(O)CCc2cnn(C)c2)(N(C)C)CC1. The first kappa shape index (κ1) is 15.5. The highest BCUT2D eigenvalue weighted by Crippen LogP contribution is 2.38. The van der Waals surface area contributed by atoms with Crippen molar-refractivity contribution in [3.8, 4) is 0 Å². The van der Waals surface area contributed by atoms with E-state index in [0.29, 0.717) is 0 Å². The van der Waals surface area contributed by atoms with E-state index in [9.17, 15) is 5.11 Å². The number of hydrogen-bond donors (Lipinski definition) is 1. The molecule has 0 aliphatic heterocycles. The van der Waals surface area contributed by atoms with E-state index in [1.165, 1.54) is 18.4 Å². The Morgan fingerprint density at radius 2 is 2.10 bits per heavy atom. The Morgan fingerprint density at radius 3 is 2.60 bits per heavy atom. The summed E-state index contributed by atoms with van der Waals surface area (Å²) >= 11 is 0. The minimum absolute atomic E-state index is 0.0330. The highest BCUT2D eigenvalue weighted by atomic mass is 16.3. The molecule has 20 heavy (non-hydrogen) atoms. The lowest BCUT2D eigenvalue weighted by atomic mass is 9.72. The van der Waals surface area contributed by atoms with Gasteiger partial charge < -0.3 is 10.0 Å². The van der Waals surface area contributed by atoms with Gasteiger partial charge in [-0.1, -0.05) is 6.92 Å². The van der Waals surface area contributed by atoms with Crippen molar-refractivity contribution < 1.29 is 5.11 Å². The van der Waals surface area contributed by atoms with Gasteiger partial charge in [-0.15, -0.1) is 0 Å². The minimum atomic E-state index is -0.259. The largest absolute Gasteiger partial charge is 0.391 e. The van der Waals surface area contributed by atoms with Gasteiger partial charge in [0.2, 0.25) is 0 Å². The summed E-state index contributed by atoms with van der Waals surface area (Å²) in [5.41, 5.74) is 1.18. The van der Waals surface area contributed by atoms with Gasteiger partial charge in [-0.05, 0) is 64.1 Å². The second kappa shape index (κ2) is 6.27. The fourth-order valence-electron chi connectivity index (χ4n) is 3.51. The number of nitrogens with zero attached hydrogens (tertiary/aromatic N) is 3. The summed E-state index contributed by atoms with van der Waals surface area (Å²) in [5, 5.41) is 15.0. The van der Waals surface area contributed by atoms with Crippen LogP contribution in [-0.4, -0.2) is 45.5 Å². The van der Waals surface area contributed by atoms with Crippen molar-refractivity contribution in [2.75, 3.05) is 14.1 Å². The lowest BCUT2D eigenvalue weighted by molar-refractivity contribution is -0.0422. The quantitative estimate of drug-likeness (QED) is 0.898. The first-order chi connectivity index (χ1) is 9.44. The van der Waals surface area contributed by atoms with Gasteiger partial charge in [0.15, 0.2) is 0 Å². The van der Waals surface area contributed by atoms with Crippen molar-refractivity contribution in [2.24, 2.45) is 13.0 Å². The molecule has 1 saturated carbocycles. The maximum absolute atomic E-state index is 10.8. The molecular weight excluding hydrogens is 250 g/mol. The van der Waals surface area contributed by atoms with Crippen molar-refractivity contribution in [3.05, 3.63) is 18.0 Å². The lowest BCUT2D eigenvalue weighted by Gasteiger charge is -2.47. The molecule has 1 aliphatic rings. The molecule has 1 N–H and O–H groups in total. The van der Waals surface area contributed by atoms with Crippen LogP contribution in [0.15, 0.2) is 12.4 Å². The van der Waals surface area contributed by atoms with Crippen LogP contribution in [0.4, 0.5) is 0 Å². The lowest BCUT2D eigenvalue weighted by Crippen LogP contribution is -2.55. The average molecular weight is 279 g/mol. The monoisotopic (exact) mass is 279 g/mol. The van der Waals surface area contributed by atoms with Gasteiger partial charge in [-0.25, -0.2) is 0 Å². The van der Waals surface area contributed by atoms with Crippen molar-refractivity contribution in [2.45, 2.75) is 57.1 Å². The zero-order valence-corrected chi connectivity index (χ0v) is 13.3. The Bertz CT molecular complexity index is 419. The molecule has 0 radical (unpaired) electrons. The fourth-order valence-corrected chi connectivity index (χ4v) is 3.51. The number of likely N-dealkylation sites (N-methyl/N-ethyl adjacent to an activating group) is 1. The summed E-state index contributed by atoms with van der Waals surface area (Å²) in [7, 11) is 6.16. The van der Waals surface area contributed by atoms with Crippen molar-refractivity contribution in [1.29, 1.82) is 0 Å². The summed E-state index contributed by atoms with van der Waals surface area (Å²) in [6, 6.07) is 0. The molecule has 1 heterocycles. The van der Waals surface area contributed by atoms with Gasteiger partial charge in [0.05, 0.1) is 12.3 Å². The third-order valence-electron chi connectivity index (χ3n) is 5.12. The van der Waals surface area contributed by atoms with Crippen molar-refractivity contribution in [3.63, 3.8) is 0 Å². The molecule has 2 rings (SSSR count). The highest BCUT2D eigenvalue weighted by molar-refractivity contribution is 5.06. The summed E-state index contributed by atoms with van der Waals surface area (Å²) < 4.78 is 1.83. The van der Waals surface area contributed by atoms with E-state index in [1.807, 2.05) is 24.1 Å². The molecule has 4 heteroatoms. The summed E-state index contributed by atoms with van der Waals surface area (Å²) in [6.45, 7) is 2.32. The van der Waals surface area contributed by atoms with E-state index < -0.39 is 0 Å². The van der Waals surface area contributed by atoms with E-state index in [-0.39, 0.29) is 11.6 Å². The summed E-state index contributed by atoms with van der Waals surface area (Å²) in [4.78, 5) is 2.26. The number of hydrogen-bond acceptors (Lipinski definition) is 3. The Morgan fingerprint density at radius 1 is 1.45 bits per heavy atom. The predicted octanol–water partition coefficient (Wildman–Crippen LogP) is 2.22. The molecule has 1 aromatic heterocycles. The molecule has 0 saturated heterocycles. The second-order valence-corrected chi connectivity index (χ2v) is 6.76. The molecule has 1 atom stereocenters. The molecule has 114 valence electrons. The highest BCUT2D eigenvalue weighted by Gasteiger charge is 2.41. The number of aliphatic hydroxyl groups excluding tert-OH is 1. The molecule has 0 bridgehead atoms. The normalized spacial score (nSPS) is 28.8. The van der Waals surface area contributed by atoms with Gasteiger partial charge >= 0.3 is 0 Å². The standard InChI is InChI=1S/C16H29N3O/c1-13-7-9-16(10-8-13,18(2)3)15(20)6-5-14-11-17-19(4)12-14/h11-13,15,20H,5-10H2,1-4H3. The average Bonchev–Trinajstić information content (AvgIpc) is 2.82. The number of aromatic nitrogens is 2. The first-order valence-corrected chi connectivity index (χ1v) is 7.77. The van der Waals surface area contributed by atoms with Crippen LogP contribution >= 0.6 is 0 Å². The van der Waals surface area contributed by atoms with Gasteiger partial charge in [0, 0.05) is 18.8 Å². The third-order valence-corrected chi connectivity index (χ3v) is 5.12. The van der Waals surface area contributed by atoms with Crippen LogP contribution in [0.1, 0.15) is 44.6 Å². The smallest absolute Gasteiger partial charge is 0.0726 e. The summed E-state index contributed by atoms with van der Waals surface area (Å²) in [6.07, 6.45) is 10.1. The molecule has 0 aromatic carbocycles. The van der Waals surface area contributed by atoms with E-state index in [1.54, 1.807) is 0 Å². The molecule has 1 unspecified atom stereocenters. The van der Waals surface area contributed by atoms with Crippen LogP contribution in [0.25, 0.3) is 0 Å². The molecule has 1 aliphatic carbocycles. The number of aryl methyl sites for hydroxylation is 2. The Balaban J connectivity index is 1.98. The van der Waals surface area contributed by atoms with E-state index in [2.05, 4.69) is 31.0 Å². The van der Waals surface area contributed by atoms with Crippen LogP contribution < -0.4 is 0 Å². The molecule has 1 aromatic rings. The maximum Gasteiger partial charge on any atom is 0.0726 e. The predicted molar refractivity (Wildman–Crippen MR) is 81.6 cm³/mol. The zero-order chi connectivity index (χ0) is 14.8. The zero-order valence-electron chi connectivity index (χ0n) is 13.3. The third kappa shape index (κ3) is 3.23. The van der Waals surface area contributed by atoms with Gasteiger partial charge in [0.1, 0.15) is 0 Å². The van der Waals surface area contributed by atoms with Gasteiger partial charge in [-0.2, -0.15) is 5.10 Å². The van der Waals surface area contributed by atoms with Crippen LogP contribution in [0, 0.1) is 5.92 Å². The van der Waals surface area contributed by atoms with E-state index >= 15 is 0 Å². The van der Waals surface area contributed by atoms with Crippen LogP contribution in [0.2, 0.25) is 0 Å². The van der Waals surface area contributed by atoms with E-state index in [4.69, 9.17) is 0 Å². The Kier molecular flexibility index (Phi) is 4.86. The molecular formula is C16H29N3O.